The molecule has 1 atom stereocenters. The van der Waals surface area contributed by atoms with Gasteiger partial charge in [-0.25, -0.2) is 13.1 Å². The predicted molar refractivity (Wildman–Crippen MR) is 95.5 cm³/mol. The minimum atomic E-state index is -3.88. The number of nitrogens with one attached hydrogen (secondary N) is 2. The van der Waals surface area contributed by atoms with Crippen molar-refractivity contribution in [1.29, 1.82) is 0 Å². The van der Waals surface area contributed by atoms with Crippen molar-refractivity contribution < 1.29 is 22.7 Å². The number of fused-ring (bicyclic) bond motifs is 1. The van der Waals surface area contributed by atoms with Gasteiger partial charge < -0.3 is 15.0 Å². The zero-order chi connectivity index (χ0) is 18.9. The maximum Gasteiger partial charge on any atom is 0.265 e. The molecule has 2 N–H and O–H groups in total. The molecule has 2 aliphatic heterocycles. The van der Waals surface area contributed by atoms with E-state index in [2.05, 4.69) is 10.0 Å². The minimum Gasteiger partial charge on any atom is -0.479 e. The lowest BCUT2D eigenvalue weighted by Gasteiger charge is -2.27. The van der Waals surface area contributed by atoms with Gasteiger partial charge in [0.05, 0.1) is 17.1 Å². The highest BCUT2D eigenvalue weighted by molar-refractivity contribution is 7.89. The van der Waals surface area contributed by atoms with Gasteiger partial charge in [0.25, 0.3) is 5.91 Å². The molecule has 0 bridgehead atoms. The monoisotopic (exact) mass is 381 g/mol. The quantitative estimate of drug-likeness (QED) is 0.810. The third-order valence-electron chi connectivity index (χ3n) is 4.62. The fourth-order valence-corrected chi connectivity index (χ4v) is 4.34. The van der Waals surface area contributed by atoms with Gasteiger partial charge in [0.2, 0.25) is 15.9 Å². The SMILES string of the molecule is Cc1cc2c(cc1S(=O)(=O)NCC(=O)N1CCCCC1)OC(C)C(=O)N2. The number of nitrogens with zero attached hydrogens (tertiary/aromatic N) is 1. The van der Waals surface area contributed by atoms with Crippen LogP contribution in [0.15, 0.2) is 17.0 Å². The average molecular weight is 381 g/mol. The van der Waals surface area contributed by atoms with E-state index >= 15 is 0 Å². The van der Waals surface area contributed by atoms with Crippen LogP contribution in [0.5, 0.6) is 5.75 Å². The molecule has 1 aromatic carbocycles. The second kappa shape index (κ2) is 7.24. The summed E-state index contributed by atoms with van der Waals surface area (Å²) in [6, 6.07) is 2.94. The lowest BCUT2D eigenvalue weighted by molar-refractivity contribution is -0.130. The second-order valence-electron chi connectivity index (χ2n) is 6.63. The molecule has 1 unspecified atom stereocenters. The van der Waals surface area contributed by atoms with E-state index in [0.717, 1.165) is 19.3 Å². The van der Waals surface area contributed by atoms with Gasteiger partial charge in [-0.05, 0) is 44.7 Å². The highest BCUT2D eigenvalue weighted by Crippen LogP contribution is 2.34. The molecule has 1 aromatic rings. The summed E-state index contributed by atoms with van der Waals surface area (Å²) in [5.74, 6) is -0.204. The highest BCUT2D eigenvalue weighted by Gasteiger charge is 2.28. The van der Waals surface area contributed by atoms with E-state index in [1.165, 1.54) is 6.07 Å². The molecule has 2 amide bonds. The smallest absolute Gasteiger partial charge is 0.265 e. The number of rotatable bonds is 4. The summed E-state index contributed by atoms with van der Waals surface area (Å²) < 4.78 is 33.1. The van der Waals surface area contributed by atoms with Gasteiger partial charge in [-0.2, -0.15) is 0 Å². The minimum absolute atomic E-state index is 0.0334. The molecule has 3 rings (SSSR count). The first-order valence-electron chi connectivity index (χ1n) is 8.67. The number of hydrogen-bond acceptors (Lipinski definition) is 5. The number of anilines is 1. The van der Waals surface area contributed by atoms with Crippen molar-refractivity contribution >= 4 is 27.5 Å². The van der Waals surface area contributed by atoms with Crippen LogP contribution in [0, 0.1) is 6.92 Å². The molecule has 0 radical (unpaired) electrons. The Hall–Kier alpha value is -2.13. The van der Waals surface area contributed by atoms with Gasteiger partial charge in [-0.3, -0.25) is 9.59 Å². The van der Waals surface area contributed by atoms with Crippen molar-refractivity contribution in [2.45, 2.75) is 44.1 Å². The lowest BCUT2D eigenvalue weighted by Crippen LogP contribution is -2.42. The van der Waals surface area contributed by atoms with E-state index in [4.69, 9.17) is 4.74 Å². The Kier molecular flexibility index (Phi) is 5.19. The molecule has 0 spiro atoms. The van der Waals surface area contributed by atoms with E-state index in [9.17, 15) is 18.0 Å². The Morgan fingerprint density at radius 2 is 2.00 bits per heavy atom. The maximum atomic E-state index is 12.6. The van der Waals surface area contributed by atoms with Crippen LogP contribution in [0.25, 0.3) is 0 Å². The lowest BCUT2D eigenvalue weighted by atomic mass is 10.1. The Labute approximate surface area is 152 Å². The van der Waals surface area contributed by atoms with Crippen LogP contribution in [0.1, 0.15) is 31.7 Å². The van der Waals surface area contributed by atoms with Gasteiger partial charge in [0.15, 0.2) is 6.10 Å². The zero-order valence-corrected chi connectivity index (χ0v) is 15.7. The van der Waals surface area contributed by atoms with Crippen molar-refractivity contribution in [3.8, 4) is 5.75 Å². The Bertz CT molecular complexity index is 831. The summed E-state index contributed by atoms with van der Waals surface area (Å²) >= 11 is 0. The van der Waals surface area contributed by atoms with Gasteiger partial charge in [-0.15, -0.1) is 0 Å². The second-order valence-corrected chi connectivity index (χ2v) is 8.36. The summed E-state index contributed by atoms with van der Waals surface area (Å²) in [6.07, 6.45) is 2.29. The van der Waals surface area contributed by atoms with Crippen molar-refractivity contribution in [2.75, 3.05) is 25.0 Å². The average Bonchev–Trinajstić information content (AvgIpc) is 2.61. The molecule has 0 saturated carbocycles. The Balaban J connectivity index is 1.75. The van der Waals surface area contributed by atoms with Crippen LogP contribution in [0.4, 0.5) is 5.69 Å². The van der Waals surface area contributed by atoms with Crippen molar-refractivity contribution in [3.63, 3.8) is 0 Å². The van der Waals surface area contributed by atoms with Gasteiger partial charge in [0, 0.05) is 19.2 Å². The summed E-state index contributed by atoms with van der Waals surface area (Å²) in [4.78, 5) is 25.6. The summed E-state index contributed by atoms with van der Waals surface area (Å²) in [6.45, 7) is 4.29. The molecule has 2 aliphatic rings. The first-order chi connectivity index (χ1) is 12.3. The van der Waals surface area contributed by atoms with Gasteiger partial charge in [0.1, 0.15) is 5.75 Å². The van der Waals surface area contributed by atoms with Crippen molar-refractivity contribution in [3.05, 3.63) is 17.7 Å². The fourth-order valence-electron chi connectivity index (χ4n) is 3.12. The van der Waals surface area contributed by atoms with Gasteiger partial charge >= 0.3 is 0 Å². The highest BCUT2D eigenvalue weighted by atomic mass is 32.2. The number of likely N-dealkylation sites (tertiary alicyclic amines) is 1. The zero-order valence-electron chi connectivity index (χ0n) is 14.9. The molecule has 142 valence electrons. The van der Waals surface area contributed by atoms with Crippen LogP contribution in [-0.2, 0) is 19.6 Å². The number of ether oxygens (including phenoxy) is 1. The number of piperidine rings is 1. The van der Waals surface area contributed by atoms with E-state index in [1.807, 2.05) is 0 Å². The van der Waals surface area contributed by atoms with Crippen LogP contribution < -0.4 is 14.8 Å². The maximum absolute atomic E-state index is 12.6. The molecule has 0 aliphatic carbocycles. The van der Waals surface area contributed by atoms with E-state index in [0.29, 0.717) is 30.1 Å². The number of hydrogen-bond donors (Lipinski definition) is 2. The van der Waals surface area contributed by atoms with E-state index in [1.54, 1.807) is 24.8 Å². The number of carbonyl (C=O) groups excluding carboxylic acids is 2. The number of benzene rings is 1. The fraction of sp³-hybridized carbons (Fsp3) is 0.529. The van der Waals surface area contributed by atoms with Gasteiger partial charge in [-0.1, -0.05) is 0 Å². The first-order valence-corrected chi connectivity index (χ1v) is 10.2. The van der Waals surface area contributed by atoms with Crippen LogP contribution in [0.3, 0.4) is 0 Å². The molecule has 1 fully saturated rings. The van der Waals surface area contributed by atoms with Crippen LogP contribution in [-0.4, -0.2) is 50.9 Å². The third-order valence-corrected chi connectivity index (χ3v) is 6.16. The summed E-state index contributed by atoms with van der Waals surface area (Å²) in [5, 5.41) is 2.68. The van der Waals surface area contributed by atoms with Crippen molar-refractivity contribution in [2.24, 2.45) is 0 Å². The molecule has 1 saturated heterocycles. The number of carbonyl (C=O) groups is 2. The molecule has 26 heavy (non-hydrogen) atoms. The first kappa shape index (κ1) is 18.7. The molecule has 8 nitrogen and oxygen atoms in total. The number of amides is 2. The molecular formula is C17H23N3O5S. The van der Waals surface area contributed by atoms with E-state index in [-0.39, 0.29) is 23.3 Å². The summed E-state index contributed by atoms with van der Waals surface area (Å²) in [5.41, 5.74) is 0.897. The normalized spacial score (nSPS) is 20.2. The molecule has 0 aromatic heterocycles. The molecule has 2 heterocycles. The third kappa shape index (κ3) is 3.83. The van der Waals surface area contributed by atoms with E-state index < -0.39 is 16.1 Å². The molecule has 9 heteroatoms. The largest absolute Gasteiger partial charge is 0.479 e. The standard InChI is InChI=1S/C17H23N3O5S/c1-11-8-13-14(25-12(2)17(22)19-13)9-15(11)26(23,24)18-10-16(21)20-6-4-3-5-7-20/h8-9,12,18H,3-7,10H2,1-2H3,(H,19,22). The number of aryl methyl sites for hydroxylation is 1. The Morgan fingerprint density at radius 3 is 2.69 bits per heavy atom. The number of sulfonamides is 1. The predicted octanol–water partition coefficient (Wildman–Crippen LogP) is 1.01. The summed E-state index contributed by atoms with van der Waals surface area (Å²) in [7, 11) is -3.88. The topological polar surface area (TPSA) is 105 Å². The molecular weight excluding hydrogens is 358 g/mol. The van der Waals surface area contributed by atoms with Crippen LogP contribution >= 0.6 is 0 Å². The van der Waals surface area contributed by atoms with Crippen molar-refractivity contribution in [1.82, 2.24) is 9.62 Å². The van der Waals surface area contributed by atoms with Crippen LogP contribution in [0.2, 0.25) is 0 Å². The Morgan fingerprint density at radius 1 is 1.31 bits per heavy atom.